The van der Waals surface area contributed by atoms with Crippen LogP contribution in [0, 0.1) is 5.41 Å². The van der Waals surface area contributed by atoms with Crippen molar-refractivity contribution in [2.45, 2.75) is 48.4 Å². The number of piperidine rings is 1. The Morgan fingerprint density at radius 3 is 2.55 bits per heavy atom. The van der Waals surface area contributed by atoms with Crippen LogP contribution in [-0.4, -0.2) is 33.2 Å². The highest BCUT2D eigenvalue weighted by atomic mass is 35.5. The molecule has 2 atom stereocenters. The molecule has 0 bridgehead atoms. The summed E-state index contributed by atoms with van der Waals surface area (Å²) in [7, 11) is -1.67. The summed E-state index contributed by atoms with van der Waals surface area (Å²) in [5.41, 5.74) is 2.78. The van der Waals surface area contributed by atoms with E-state index in [-0.39, 0.29) is 5.41 Å². The van der Waals surface area contributed by atoms with E-state index in [1.165, 1.54) is 0 Å². The first kappa shape index (κ1) is 22.3. The van der Waals surface area contributed by atoms with E-state index < -0.39 is 21.5 Å². The summed E-state index contributed by atoms with van der Waals surface area (Å²) in [6.07, 6.45) is 3.66. The lowest BCUT2D eigenvalue weighted by Gasteiger charge is -2.36. The minimum absolute atomic E-state index is 0.0179. The summed E-state index contributed by atoms with van der Waals surface area (Å²) >= 11 is 6.43. The van der Waals surface area contributed by atoms with Gasteiger partial charge in [-0.3, -0.25) is 14.2 Å². The van der Waals surface area contributed by atoms with Gasteiger partial charge in [0.15, 0.2) is 0 Å². The summed E-state index contributed by atoms with van der Waals surface area (Å²) in [6, 6.07) is 14.7. The molecule has 1 spiro atoms. The Morgan fingerprint density at radius 2 is 1.87 bits per heavy atom. The van der Waals surface area contributed by atoms with Crippen LogP contribution in [0.1, 0.15) is 37.7 Å². The molecule has 31 heavy (non-hydrogen) atoms. The quantitative estimate of drug-likeness (QED) is 0.448. The number of hydrogen-bond acceptors (Lipinski definition) is 5. The number of ether oxygens (including phenoxy) is 1. The van der Waals surface area contributed by atoms with E-state index in [1.54, 1.807) is 23.7 Å². The van der Waals surface area contributed by atoms with Gasteiger partial charge in [-0.15, -0.1) is 0 Å². The standard InChI is InChI=1S/C23H27ClN2O4S/c24-19-14-18(6-7-20(19)30-15-17-4-2-1-3-5-17)31(29)23(21(27)26-28)9-8-22(16-23)10-12-25-13-11-22/h1-7,14,25,28H,8-13,15-16H2,(H,26,27). The Hall–Kier alpha value is -1.93. The summed E-state index contributed by atoms with van der Waals surface area (Å²) < 4.78 is 18.3. The average molecular weight is 463 g/mol. The molecule has 4 rings (SSSR count). The van der Waals surface area contributed by atoms with E-state index in [9.17, 15) is 14.2 Å². The first-order valence-corrected chi connectivity index (χ1v) is 12.0. The van der Waals surface area contributed by atoms with Gasteiger partial charge < -0.3 is 10.1 Å². The molecule has 166 valence electrons. The highest BCUT2D eigenvalue weighted by Crippen LogP contribution is 2.53. The van der Waals surface area contributed by atoms with Crippen LogP contribution >= 0.6 is 11.6 Å². The van der Waals surface area contributed by atoms with E-state index in [0.717, 1.165) is 37.9 Å². The van der Waals surface area contributed by atoms with Crippen molar-refractivity contribution in [2.24, 2.45) is 5.41 Å². The highest BCUT2D eigenvalue weighted by molar-refractivity contribution is 7.87. The van der Waals surface area contributed by atoms with Crippen molar-refractivity contribution in [3.8, 4) is 5.75 Å². The van der Waals surface area contributed by atoms with E-state index in [4.69, 9.17) is 16.3 Å². The van der Waals surface area contributed by atoms with Crippen LogP contribution in [0.25, 0.3) is 0 Å². The van der Waals surface area contributed by atoms with Gasteiger partial charge >= 0.3 is 0 Å². The third-order valence-electron chi connectivity index (χ3n) is 6.61. The number of carbonyl (C=O) groups is 1. The summed E-state index contributed by atoms with van der Waals surface area (Å²) in [5, 5.41) is 13.1. The molecule has 2 aromatic carbocycles. The second-order valence-electron chi connectivity index (χ2n) is 8.50. The fraction of sp³-hybridized carbons (Fsp3) is 0.435. The minimum atomic E-state index is -1.67. The Morgan fingerprint density at radius 1 is 1.13 bits per heavy atom. The molecular weight excluding hydrogens is 436 g/mol. The van der Waals surface area contributed by atoms with Crippen LogP contribution in [0.3, 0.4) is 0 Å². The zero-order valence-corrected chi connectivity index (χ0v) is 18.8. The van der Waals surface area contributed by atoms with Crippen molar-refractivity contribution in [3.05, 3.63) is 59.1 Å². The van der Waals surface area contributed by atoms with E-state index in [1.807, 2.05) is 30.3 Å². The fourth-order valence-corrected chi connectivity index (χ4v) is 6.95. The lowest BCUT2D eigenvalue weighted by molar-refractivity contribution is -0.132. The molecule has 1 saturated heterocycles. The highest BCUT2D eigenvalue weighted by Gasteiger charge is 2.56. The van der Waals surface area contributed by atoms with Crippen molar-refractivity contribution >= 4 is 28.3 Å². The molecule has 2 aliphatic rings. The van der Waals surface area contributed by atoms with Crippen LogP contribution < -0.4 is 15.5 Å². The topological polar surface area (TPSA) is 87.7 Å². The number of hydrogen-bond donors (Lipinski definition) is 3. The maximum absolute atomic E-state index is 13.7. The van der Waals surface area contributed by atoms with Crippen LogP contribution in [0.15, 0.2) is 53.4 Å². The average Bonchev–Trinajstić information content (AvgIpc) is 3.18. The second kappa shape index (κ2) is 9.28. The summed E-state index contributed by atoms with van der Waals surface area (Å²) in [5.74, 6) is -0.0880. The first-order chi connectivity index (χ1) is 15.0. The van der Waals surface area contributed by atoms with Crippen molar-refractivity contribution in [2.75, 3.05) is 13.1 Å². The number of carbonyl (C=O) groups excluding carboxylic acids is 1. The Kier molecular flexibility index (Phi) is 6.67. The maximum Gasteiger partial charge on any atom is 0.262 e. The van der Waals surface area contributed by atoms with Gasteiger partial charge in [0.05, 0.1) is 15.8 Å². The normalized spacial score (nSPS) is 23.4. The number of nitrogens with one attached hydrogen (secondary N) is 2. The molecule has 2 unspecified atom stereocenters. The molecule has 1 aliphatic carbocycles. The number of benzene rings is 2. The molecule has 0 aromatic heterocycles. The molecule has 1 aliphatic heterocycles. The molecule has 2 aromatic rings. The van der Waals surface area contributed by atoms with Crippen molar-refractivity contribution in [1.82, 2.24) is 10.8 Å². The number of hydroxylamine groups is 1. The number of amides is 1. The second-order valence-corrected chi connectivity index (χ2v) is 10.7. The predicted octanol–water partition coefficient (Wildman–Crippen LogP) is 3.82. The van der Waals surface area contributed by atoms with Crippen molar-refractivity contribution in [3.63, 3.8) is 0 Å². The Bertz CT molecular complexity index is 965. The van der Waals surface area contributed by atoms with Gasteiger partial charge in [-0.05, 0) is 74.4 Å². The van der Waals surface area contributed by atoms with Gasteiger partial charge in [0.2, 0.25) is 0 Å². The van der Waals surface area contributed by atoms with Crippen LogP contribution in [-0.2, 0) is 22.2 Å². The zero-order valence-electron chi connectivity index (χ0n) is 17.2. The largest absolute Gasteiger partial charge is 0.487 e. The summed E-state index contributed by atoms with van der Waals surface area (Å²) in [4.78, 5) is 13.2. The molecule has 6 nitrogen and oxygen atoms in total. The molecular formula is C23H27ClN2O4S. The third kappa shape index (κ3) is 4.51. The molecule has 8 heteroatoms. The molecule has 1 amide bonds. The van der Waals surface area contributed by atoms with Gasteiger partial charge in [0.25, 0.3) is 5.91 Å². The van der Waals surface area contributed by atoms with Crippen molar-refractivity contribution in [1.29, 1.82) is 0 Å². The monoisotopic (exact) mass is 462 g/mol. The van der Waals surface area contributed by atoms with Gasteiger partial charge in [0.1, 0.15) is 17.1 Å². The molecule has 1 heterocycles. The van der Waals surface area contributed by atoms with Crippen LogP contribution in [0.2, 0.25) is 5.02 Å². The Balaban J connectivity index is 1.55. The SMILES string of the molecule is O=C(NO)C1(S(=O)c2ccc(OCc3ccccc3)c(Cl)c2)CCC2(CCNCC2)C1. The third-order valence-corrected chi connectivity index (χ3v) is 8.83. The van der Waals surface area contributed by atoms with Crippen LogP contribution in [0.4, 0.5) is 0 Å². The van der Waals surface area contributed by atoms with E-state index >= 15 is 0 Å². The molecule has 1 saturated carbocycles. The zero-order chi connectivity index (χ0) is 21.9. The molecule has 2 fully saturated rings. The lowest BCUT2D eigenvalue weighted by Crippen LogP contribution is -2.48. The van der Waals surface area contributed by atoms with Crippen molar-refractivity contribution < 1.29 is 18.9 Å². The Labute approximate surface area is 189 Å². The van der Waals surface area contributed by atoms with Gasteiger partial charge in [-0.1, -0.05) is 41.9 Å². The van der Waals surface area contributed by atoms with E-state index in [0.29, 0.717) is 35.1 Å². The number of halogens is 1. The minimum Gasteiger partial charge on any atom is -0.487 e. The fourth-order valence-electron chi connectivity index (χ4n) is 4.85. The molecule has 0 radical (unpaired) electrons. The van der Waals surface area contributed by atoms with Gasteiger partial charge in [-0.2, -0.15) is 0 Å². The van der Waals surface area contributed by atoms with Gasteiger partial charge in [0, 0.05) is 4.90 Å². The van der Waals surface area contributed by atoms with Gasteiger partial charge in [-0.25, -0.2) is 5.48 Å². The first-order valence-electron chi connectivity index (χ1n) is 10.5. The smallest absolute Gasteiger partial charge is 0.262 e. The summed E-state index contributed by atoms with van der Waals surface area (Å²) in [6.45, 7) is 2.15. The maximum atomic E-state index is 13.7. The lowest BCUT2D eigenvalue weighted by atomic mass is 9.77. The van der Waals surface area contributed by atoms with E-state index in [2.05, 4.69) is 5.32 Å². The molecule has 3 N–H and O–H groups in total. The van der Waals surface area contributed by atoms with Crippen LogP contribution in [0.5, 0.6) is 5.75 Å². The number of rotatable bonds is 6. The predicted molar refractivity (Wildman–Crippen MR) is 120 cm³/mol.